The van der Waals surface area contributed by atoms with Crippen molar-refractivity contribution in [1.29, 1.82) is 0 Å². The molecular weight excluding hydrogens is 410 g/mol. The van der Waals surface area contributed by atoms with E-state index in [9.17, 15) is 9.90 Å². The van der Waals surface area contributed by atoms with Crippen LogP contribution in [-0.4, -0.2) is 26.7 Å². The van der Waals surface area contributed by atoms with Crippen LogP contribution in [0.15, 0.2) is 67.1 Å². The second-order valence-corrected chi connectivity index (χ2v) is 10.4. The molecule has 2 heterocycles. The van der Waals surface area contributed by atoms with Gasteiger partial charge in [-0.15, -0.1) is 0 Å². The standard InChI is InChI=1S/C28H31N3O2/c32-25(17-23-21-9-4-5-10-22(21)24-18-29-19-31(23)24)27-11-6-12-28(15-13-27,16-14-27)26(33)30-20-7-2-1-3-8-20/h1-5,7-10,18-19,23,25,32H,6,11-17H2,(H,30,33). The highest BCUT2D eigenvalue weighted by Crippen LogP contribution is 2.57. The maximum absolute atomic E-state index is 13.3. The van der Waals surface area contributed by atoms with Crippen LogP contribution in [0.4, 0.5) is 5.69 Å². The largest absolute Gasteiger partial charge is 0.392 e. The number of carbonyl (C=O) groups is 1. The topological polar surface area (TPSA) is 67.2 Å². The van der Waals surface area contributed by atoms with E-state index in [-0.39, 0.29) is 22.8 Å². The molecule has 3 aliphatic carbocycles. The van der Waals surface area contributed by atoms with Crippen molar-refractivity contribution < 1.29 is 9.90 Å². The van der Waals surface area contributed by atoms with Crippen LogP contribution >= 0.6 is 0 Å². The predicted octanol–water partition coefficient (Wildman–Crippen LogP) is 5.57. The van der Waals surface area contributed by atoms with Gasteiger partial charge in [-0.1, -0.05) is 48.9 Å². The number of para-hydroxylation sites is 1. The van der Waals surface area contributed by atoms with Crippen molar-refractivity contribution in [2.75, 3.05) is 5.32 Å². The van der Waals surface area contributed by atoms with Crippen LogP contribution in [0.5, 0.6) is 0 Å². The molecule has 0 radical (unpaired) electrons. The Bertz CT molecular complexity index is 1160. The fourth-order valence-corrected chi connectivity index (χ4v) is 6.77. The molecule has 3 aromatic rings. The van der Waals surface area contributed by atoms with E-state index in [1.54, 1.807) is 0 Å². The maximum atomic E-state index is 13.3. The molecule has 4 aliphatic rings. The van der Waals surface area contributed by atoms with E-state index in [2.05, 4.69) is 39.1 Å². The third kappa shape index (κ3) is 3.33. The second kappa shape index (κ2) is 7.84. The van der Waals surface area contributed by atoms with Gasteiger partial charge in [0.15, 0.2) is 0 Å². The monoisotopic (exact) mass is 441 g/mol. The van der Waals surface area contributed by atoms with Crippen LogP contribution in [0.25, 0.3) is 11.3 Å². The van der Waals surface area contributed by atoms with Crippen LogP contribution in [0.1, 0.15) is 63.0 Å². The van der Waals surface area contributed by atoms with Crippen LogP contribution in [0, 0.1) is 10.8 Å². The Labute approximate surface area is 194 Å². The molecule has 2 atom stereocenters. The molecule has 2 bridgehead atoms. The Balaban J connectivity index is 1.20. The quantitative estimate of drug-likeness (QED) is 0.544. The van der Waals surface area contributed by atoms with Gasteiger partial charge in [-0.25, -0.2) is 4.98 Å². The highest BCUT2D eigenvalue weighted by atomic mass is 16.3. The van der Waals surface area contributed by atoms with Crippen molar-refractivity contribution in [2.24, 2.45) is 10.8 Å². The normalized spacial score (nSPS) is 28.6. The molecule has 2 unspecified atom stereocenters. The maximum Gasteiger partial charge on any atom is 0.230 e. The molecule has 3 saturated carbocycles. The van der Waals surface area contributed by atoms with Gasteiger partial charge in [0.05, 0.1) is 30.4 Å². The molecule has 33 heavy (non-hydrogen) atoms. The molecule has 1 aromatic heterocycles. The number of nitrogens with zero attached hydrogens (tertiary/aromatic N) is 2. The van der Waals surface area contributed by atoms with E-state index in [0.29, 0.717) is 6.42 Å². The van der Waals surface area contributed by atoms with Crippen LogP contribution in [-0.2, 0) is 4.79 Å². The molecule has 2 aromatic carbocycles. The first kappa shape index (κ1) is 20.7. The van der Waals surface area contributed by atoms with Crippen LogP contribution < -0.4 is 5.32 Å². The minimum Gasteiger partial charge on any atom is -0.392 e. The van der Waals surface area contributed by atoms with E-state index in [0.717, 1.165) is 56.3 Å². The average Bonchev–Trinajstić information content (AvgIpc) is 3.30. The van der Waals surface area contributed by atoms with Gasteiger partial charge in [-0.05, 0) is 68.1 Å². The molecular formula is C28H31N3O2. The molecule has 1 aliphatic heterocycles. The van der Waals surface area contributed by atoms with Crippen molar-refractivity contribution in [3.8, 4) is 11.3 Å². The number of hydrogen-bond donors (Lipinski definition) is 2. The van der Waals surface area contributed by atoms with Gasteiger partial charge in [0.25, 0.3) is 0 Å². The van der Waals surface area contributed by atoms with Crippen LogP contribution in [0.3, 0.4) is 0 Å². The highest BCUT2D eigenvalue weighted by Gasteiger charge is 2.52. The predicted molar refractivity (Wildman–Crippen MR) is 129 cm³/mol. The number of benzene rings is 2. The summed E-state index contributed by atoms with van der Waals surface area (Å²) in [5, 5.41) is 14.8. The summed E-state index contributed by atoms with van der Waals surface area (Å²) in [4.78, 5) is 17.7. The Hall–Kier alpha value is -2.92. The zero-order chi connectivity index (χ0) is 22.5. The van der Waals surface area contributed by atoms with Crippen molar-refractivity contribution in [3.63, 3.8) is 0 Å². The summed E-state index contributed by atoms with van der Waals surface area (Å²) >= 11 is 0. The van der Waals surface area contributed by atoms with Gasteiger partial charge in [0, 0.05) is 16.7 Å². The molecule has 7 rings (SSSR count). The van der Waals surface area contributed by atoms with Gasteiger partial charge in [-0.3, -0.25) is 4.79 Å². The van der Waals surface area contributed by atoms with Crippen molar-refractivity contribution in [1.82, 2.24) is 9.55 Å². The second-order valence-electron chi connectivity index (χ2n) is 10.4. The lowest BCUT2D eigenvalue weighted by molar-refractivity contribution is -0.129. The summed E-state index contributed by atoms with van der Waals surface area (Å²) < 4.78 is 2.22. The van der Waals surface area contributed by atoms with Gasteiger partial charge in [0.2, 0.25) is 5.91 Å². The number of fused-ring (bicyclic) bond motifs is 7. The number of nitrogens with one attached hydrogen (secondary N) is 1. The van der Waals surface area contributed by atoms with Crippen molar-refractivity contribution >= 4 is 11.6 Å². The molecule has 2 N–H and O–H groups in total. The smallest absolute Gasteiger partial charge is 0.230 e. The zero-order valence-corrected chi connectivity index (χ0v) is 18.9. The molecule has 5 heteroatoms. The third-order valence-corrected chi connectivity index (χ3v) is 8.80. The summed E-state index contributed by atoms with van der Waals surface area (Å²) in [6, 6.07) is 18.4. The zero-order valence-electron chi connectivity index (χ0n) is 18.9. The van der Waals surface area contributed by atoms with E-state index >= 15 is 0 Å². The molecule has 3 fully saturated rings. The highest BCUT2D eigenvalue weighted by molar-refractivity contribution is 5.95. The number of aliphatic hydroxyl groups is 1. The lowest BCUT2D eigenvalue weighted by Crippen LogP contribution is -2.44. The van der Waals surface area contributed by atoms with E-state index in [1.807, 2.05) is 42.9 Å². The number of imidazole rings is 1. The van der Waals surface area contributed by atoms with Gasteiger partial charge >= 0.3 is 0 Å². The Morgan fingerprint density at radius 3 is 2.61 bits per heavy atom. The summed E-state index contributed by atoms with van der Waals surface area (Å²) in [5.41, 5.74) is 4.13. The van der Waals surface area contributed by atoms with E-state index < -0.39 is 6.10 Å². The van der Waals surface area contributed by atoms with Crippen molar-refractivity contribution in [2.45, 2.75) is 63.5 Å². The summed E-state index contributed by atoms with van der Waals surface area (Å²) in [7, 11) is 0. The fraction of sp³-hybridized carbons (Fsp3) is 0.429. The van der Waals surface area contributed by atoms with Gasteiger partial charge in [-0.2, -0.15) is 0 Å². The first-order valence-electron chi connectivity index (χ1n) is 12.3. The molecule has 1 amide bonds. The number of aromatic nitrogens is 2. The number of carbonyl (C=O) groups excluding carboxylic acids is 1. The first-order chi connectivity index (χ1) is 16.1. The molecule has 170 valence electrons. The minimum absolute atomic E-state index is 0.0920. The summed E-state index contributed by atoms with van der Waals surface area (Å²) in [5.74, 6) is 0.159. The SMILES string of the molecule is O=C(Nc1ccccc1)C12CCCC(C(O)CC3c4ccccc4-c4cncn43)(CC1)CC2. The Morgan fingerprint density at radius 2 is 1.79 bits per heavy atom. The van der Waals surface area contributed by atoms with Gasteiger partial charge in [0.1, 0.15) is 0 Å². The first-order valence-corrected chi connectivity index (χ1v) is 12.3. The van der Waals surface area contributed by atoms with Gasteiger partial charge < -0.3 is 15.0 Å². The fourth-order valence-electron chi connectivity index (χ4n) is 6.77. The molecule has 0 saturated heterocycles. The average molecular weight is 442 g/mol. The van der Waals surface area contributed by atoms with Crippen molar-refractivity contribution in [3.05, 3.63) is 72.7 Å². The minimum atomic E-state index is -0.391. The van der Waals surface area contributed by atoms with E-state index in [4.69, 9.17) is 0 Å². The van der Waals surface area contributed by atoms with E-state index in [1.165, 1.54) is 11.1 Å². The lowest BCUT2D eigenvalue weighted by atomic mass is 9.62. The summed E-state index contributed by atoms with van der Waals surface area (Å²) in [6.07, 6.45) is 10.6. The third-order valence-electron chi connectivity index (χ3n) is 8.80. The summed E-state index contributed by atoms with van der Waals surface area (Å²) in [6.45, 7) is 0. The number of amides is 1. The molecule has 0 spiro atoms. The number of rotatable bonds is 5. The number of hydrogen-bond acceptors (Lipinski definition) is 3. The van der Waals surface area contributed by atoms with Crippen LogP contribution in [0.2, 0.25) is 0 Å². The molecule has 5 nitrogen and oxygen atoms in total. The lowest BCUT2D eigenvalue weighted by Gasteiger charge is -2.45. The Morgan fingerprint density at radius 1 is 1.03 bits per heavy atom. The Kier molecular flexibility index (Phi) is 4.91. The number of anilines is 1. The number of aliphatic hydroxyl groups excluding tert-OH is 1.